The van der Waals surface area contributed by atoms with Crippen LogP contribution in [0.25, 0.3) is 0 Å². The Kier molecular flexibility index (Phi) is 14.3. The van der Waals surface area contributed by atoms with Crippen LogP contribution in [0.15, 0.2) is 17.0 Å². The Hall–Kier alpha value is -1.36. The van der Waals surface area contributed by atoms with Crippen molar-refractivity contribution in [1.82, 2.24) is 19.6 Å². The minimum absolute atomic E-state index is 0.0237. The fourth-order valence-electron chi connectivity index (χ4n) is 2.80. The number of aromatic nitrogens is 4. The van der Waals surface area contributed by atoms with Crippen molar-refractivity contribution in [2.75, 3.05) is 27.4 Å². The molecule has 206 valence electrons. The topological polar surface area (TPSA) is 110 Å². The largest absolute Gasteiger partial charge is 0.476 e. The normalized spacial score (nSPS) is 11.9. The molecule has 0 spiro atoms. The third-order valence-corrected chi connectivity index (χ3v) is 8.94. The molecule has 36 heavy (non-hydrogen) atoms. The second-order valence-electron chi connectivity index (χ2n) is 10.9. The van der Waals surface area contributed by atoms with Gasteiger partial charge in [-0.05, 0) is 28.0 Å². The predicted octanol–water partition coefficient (Wildman–Crippen LogP) is 5.14. The molecule has 13 heteroatoms. The van der Waals surface area contributed by atoms with Gasteiger partial charge in [0.2, 0.25) is 0 Å². The highest BCUT2D eigenvalue weighted by atomic mass is 79.9. The van der Waals surface area contributed by atoms with Gasteiger partial charge < -0.3 is 24.1 Å². The van der Waals surface area contributed by atoms with E-state index >= 15 is 0 Å². The summed E-state index contributed by atoms with van der Waals surface area (Å²) >= 11 is 3.40. The van der Waals surface area contributed by atoms with Crippen molar-refractivity contribution >= 4 is 38.0 Å². The lowest BCUT2D eigenvalue weighted by molar-refractivity contribution is 0.0669. The maximum absolute atomic E-state index is 11.0. The van der Waals surface area contributed by atoms with Gasteiger partial charge in [-0.3, -0.25) is 0 Å². The van der Waals surface area contributed by atoms with Crippen LogP contribution in [-0.4, -0.2) is 74.2 Å². The van der Waals surface area contributed by atoms with Crippen LogP contribution >= 0.6 is 15.9 Å². The quantitative estimate of drug-likeness (QED) is 0.219. The highest BCUT2D eigenvalue weighted by Crippen LogP contribution is 2.15. The van der Waals surface area contributed by atoms with E-state index in [9.17, 15) is 4.79 Å². The Bertz CT molecular complexity index is 925. The monoisotopic (exact) mass is 606 g/mol. The molecule has 0 saturated carbocycles. The van der Waals surface area contributed by atoms with Gasteiger partial charge in [-0.15, -0.1) is 0 Å². The number of carboxylic acid groups (broad SMARTS) is 1. The molecule has 2 aromatic rings. The van der Waals surface area contributed by atoms with Crippen LogP contribution in [0.5, 0.6) is 0 Å². The molecule has 0 saturated heterocycles. The molecule has 10 nitrogen and oxygen atoms in total. The summed E-state index contributed by atoms with van der Waals surface area (Å²) in [6.07, 6.45) is 3.60. The van der Waals surface area contributed by atoms with Crippen LogP contribution in [0.4, 0.5) is 0 Å². The van der Waals surface area contributed by atoms with Gasteiger partial charge in [0.1, 0.15) is 18.1 Å². The summed E-state index contributed by atoms with van der Waals surface area (Å²) in [4.78, 5) is 11.0. The Balaban J connectivity index is 0.000000362. The second-order valence-corrected chi connectivity index (χ2v) is 22.9. The Morgan fingerprint density at radius 2 is 1.31 bits per heavy atom. The molecule has 1 N–H and O–H groups in total. The number of carboxylic acids is 1. The van der Waals surface area contributed by atoms with E-state index in [4.69, 9.17) is 24.1 Å². The number of nitrogens with zero attached hydrogens (tertiary/aromatic N) is 4. The van der Waals surface area contributed by atoms with Crippen molar-refractivity contribution in [2.24, 2.45) is 0 Å². The van der Waals surface area contributed by atoms with Gasteiger partial charge in [0.15, 0.2) is 5.69 Å². The first-order valence-corrected chi connectivity index (χ1v) is 20.1. The first-order valence-electron chi connectivity index (χ1n) is 11.9. The lowest BCUT2D eigenvalue weighted by atomic mass is 10.3. The van der Waals surface area contributed by atoms with Gasteiger partial charge >= 0.3 is 5.97 Å². The van der Waals surface area contributed by atoms with Crippen molar-refractivity contribution in [1.29, 1.82) is 0 Å². The maximum Gasteiger partial charge on any atom is 0.356 e. The molecule has 0 aromatic carbocycles. The zero-order valence-electron chi connectivity index (χ0n) is 23.0. The number of halogens is 1. The average Bonchev–Trinajstić information content (AvgIpc) is 3.32. The molecular formula is C23H43BrN4O6Si2. The molecule has 0 bridgehead atoms. The van der Waals surface area contributed by atoms with Gasteiger partial charge in [-0.25, -0.2) is 14.2 Å². The third kappa shape index (κ3) is 13.8. The van der Waals surface area contributed by atoms with Crippen molar-refractivity contribution in [3.63, 3.8) is 0 Å². The van der Waals surface area contributed by atoms with E-state index < -0.39 is 22.1 Å². The number of hydrogen-bond acceptors (Lipinski definition) is 7. The molecule has 0 radical (unpaired) electrons. The lowest BCUT2D eigenvalue weighted by Crippen LogP contribution is -2.22. The summed E-state index contributed by atoms with van der Waals surface area (Å²) in [5.41, 5.74) is 1.63. The van der Waals surface area contributed by atoms with Crippen LogP contribution in [0.1, 0.15) is 21.6 Å². The molecule has 0 unspecified atom stereocenters. The van der Waals surface area contributed by atoms with Gasteiger partial charge in [-0.2, -0.15) is 10.2 Å². The van der Waals surface area contributed by atoms with Crippen LogP contribution in [0.3, 0.4) is 0 Å². The molecule has 2 heterocycles. The lowest BCUT2D eigenvalue weighted by Gasteiger charge is -2.15. The summed E-state index contributed by atoms with van der Waals surface area (Å²) in [6, 6.07) is 2.26. The molecule has 0 fully saturated rings. The minimum atomic E-state index is -1.10. The summed E-state index contributed by atoms with van der Waals surface area (Å²) < 4.78 is 25.3. The minimum Gasteiger partial charge on any atom is -0.476 e. The van der Waals surface area contributed by atoms with E-state index in [0.29, 0.717) is 25.5 Å². The Morgan fingerprint density at radius 1 is 0.861 bits per heavy atom. The smallest absolute Gasteiger partial charge is 0.356 e. The zero-order chi connectivity index (χ0) is 27.4. The summed E-state index contributed by atoms with van der Waals surface area (Å²) in [5, 5.41) is 17.3. The maximum atomic E-state index is 11.0. The van der Waals surface area contributed by atoms with E-state index in [0.717, 1.165) is 22.8 Å². The van der Waals surface area contributed by atoms with Crippen LogP contribution in [-0.2, 0) is 45.6 Å². The van der Waals surface area contributed by atoms with Gasteiger partial charge in [-0.1, -0.05) is 39.3 Å². The van der Waals surface area contributed by atoms with E-state index in [1.54, 1.807) is 18.0 Å². The molecule has 2 rings (SSSR count). The number of carbonyl (C=O) groups is 1. The molecule has 0 amide bonds. The van der Waals surface area contributed by atoms with Crippen molar-refractivity contribution < 1.29 is 28.8 Å². The highest BCUT2D eigenvalue weighted by Gasteiger charge is 2.16. The number of methoxy groups -OCH3 is 2. The predicted molar refractivity (Wildman–Crippen MR) is 149 cm³/mol. The van der Waals surface area contributed by atoms with Crippen LogP contribution < -0.4 is 0 Å². The molecule has 2 aromatic heterocycles. The SMILES string of the molecule is COCc1cn(COCC[Si](C)(C)C)nc1Br.COCc1cn(COCC[Si](C)(C)C)nc1C(=O)O. The number of rotatable bonds is 15. The van der Waals surface area contributed by atoms with Crippen molar-refractivity contribution in [3.8, 4) is 0 Å². The summed E-state index contributed by atoms with van der Waals surface area (Å²) in [7, 11) is 1.10. The molecule has 0 atom stereocenters. The summed E-state index contributed by atoms with van der Waals surface area (Å²) in [5.74, 6) is -1.05. The van der Waals surface area contributed by atoms with E-state index in [1.165, 1.54) is 17.8 Å². The first-order chi connectivity index (χ1) is 16.8. The molecule has 0 aliphatic rings. The van der Waals surface area contributed by atoms with Crippen LogP contribution in [0, 0.1) is 0 Å². The standard InChI is InChI=1S/C12H22N2O4Si.C11H21BrN2O2Si/c1-17-8-10-7-14(13-11(10)12(15)16)9-18-5-6-19(2,3)4;1-15-8-10-7-14(13-11(10)12)9-16-5-6-17(2,3)4/h7H,5-6,8-9H2,1-4H3,(H,15,16);7H,5-6,8-9H2,1-4H3. The number of hydrogen-bond donors (Lipinski definition) is 1. The second kappa shape index (κ2) is 15.8. The van der Waals surface area contributed by atoms with Gasteiger partial charge in [0.25, 0.3) is 0 Å². The van der Waals surface area contributed by atoms with E-state index in [-0.39, 0.29) is 19.0 Å². The molecule has 0 aliphatic heterocycles. The summed E-state index contributed by atoms with van der Waals surface area (Å²) in [6.45, 7) is 16.9. The van der Waals surface area contributed by atoms with E-state index in [2.05, 4.69) is 65.4 Å². The number of aromatic carboxylic acids is 1. The molecule has 0 aliphatic carbocycles. The highest BCUT2D eigenvalue weighted by molar-refractivity contribution is 9.10. The Morgan fingerprint density at radius 3 is 1.75 bits per heavy atom. The van der Waals surface area contributed by atoms with E-state index in [1.807, 2.05) is 6.20 Å². The van der Waals surface area contributed by atoms with Gasteiger partial charge in [0, 0.05) is 67.1 Å². The Labute approximate surface area is 225 Å². The van der Waals surface area contributed by atoms with Gasteiger partial charge in [0.05, 0.1) is 13.2 Å². The van der Waals surface area contributed by atoms with Crippen LogP contribution in [0.2, 0.25) is 51.4 Å². The third-order valence-electron chi connectivity index (χ3n) is 4.87. The first kappa shape index (κ1) is 32.7. The van der Waals surface area contributed by atoms with Crippen molar-refractivity contribution in [3.05, 3.63) is 33.8 Å². The average molecular weight is 608 g/mol. The number of ether oxygens (including phenoxy) is 4. The van der Waals surface area contributed by atoms with Crippen molar-refractivity contribution in [2.45, 2.75) is 78.0 Å². The fourth-order valence-corrected chi connectivity index (χ4v) is 4.73. The fraction of sp³-hybridized carbons (Fsp3) is 0.696. The molecular weight excluding hydrogens is 564 g/mol. The zero-order valence-corrected chi connectivity index (χ0v) is 26.6.